The molecule has 0 aliphatic carbocycles. The Morgan fingerprint density at radius 1 is 1.53 bits per heavy atom. The van der Waals surface area contributed by atoms with Crippen molar-refractivity contribution in [2.45, 2.75) is 12.3 Å². The normalized spacial score (nSPS) is 13.7. The lowest BCUT2D eigenvalue weighted by Gasteiger charge is -2.15. The number of aliphatic hydroxyl groups is 1. The first-order chi connectivity index (χ1) is 6.91. The summed E-state index contributed by atoms with van der Waals surface area (Å²) in [4.78, 5) is 7.15. The zero-order chi connectivity index (χ0) is 11.5. The average Bonchev–Trinajstić information content (AvgIpc) is 2.14. The van der Waals surface area contributed by atoms with Crippen LogP contribution in [0.1, 0.15) is 0 Å². The van der Waals surface area contributed by atoms with Gasteiger partial charge in [-0.25, -0.2) is 9.97 Å². The Labute approximate surface area is 88.1 Å². The Kier molecular flexibility index (Phi) is 3.70. The third kappa shape index (κ3) is 3.52. The first-order valence-electron chi connectivity index (χ1n) is 3.85. The molecule has 0 spiro atoms. The molecule has 1 atom stereocenters. The molecule has 0 saturated heterocycles. The topological polar surface area (TPSA) is 58.0 Å². The molecule has 0 aliphatic heterocycles. The molecule has 0 aliphatic rings. The highest BCUT2D eigenvalue weighted by atomic mass is 35.5. The highest BCUT2D eigenvalue weighted by molar-refractivity contribution is 6.32. The van der Waals surface area contributed by atoms with Crippen molar-refractivity contribution >= 4 is 17.4 Å². The SMILES string of the molecule is OC(CNc1ncncc1Cl)C(F)(F)F. The van der Waals surface area contributed by atoms with Gasteiger partial charge in [0.25, 0.3) is 0 Å². The maximum absolute atomic E-state index is 11.9. The molecule has 0 bridgehead atoms. The van der Waals surface area contributed by atoms with Crippen LogP contribution in [0.5, 0.6) is 0 Å². The molecule has 2 N–H and O–H groups in total. The van der Waals surface area contributed by atoms with Gasteiger partial charge in [-0.15, -0.1) is 0 Å². The molecule has 0 radical (unpaired) electrons. The molecule has 4 nitrogen and oxygen atoms in total. The molecule has 15 heavy (non-hydrogen) atoms. The number of aliphatic hydroxyl groups excluding tert-OH is 1. The van der Waals surface area contributed by atoms with Crippen molar-refractivity contribution in [3.63, 3.8) is 0 Å². The first-order valence-corrected chi connectivity index (χ1v) is 4.23. The predicted molar refractivity (Wildman–Crippen MR) is 47.6 cm³/mol. The quantitative estimate of drug-likeness (QED) is 0.841. The Balaban J connectivity index is 2.55. The summed E-state index contributed by atoms with van der Waals surface area (Å²) in [5.74, 6) is 0.0509. The van der Waals surface area contributed by atoms with Crippen molar-refractivity contribution in [2.75, 3.05) is 11.9 Å². The first kappa shape index (κ1) is 12.0. The van der Waals surface area contributed by atoms with E-state index in [1.54, 1.807) is 0 Å². The minimum absolute atomic E-state index is 0.0509. The van der Waals surface area contributed by atoms with Gasteiger partial charge in [0.05, 0.1) is 12.7 Å². The molecule has 1 rings (SSSR count). The van der Waals surface area contributed by atoms with Crippen molar-refractivity contribution in [1.29, 1.82) is 0 Å². The maximum atomic E-state index is 11.9. The highest BCUT2D eigenvalue weighted by Gasteiger charge is 2.37. The lowest BCUT2D eigenvalue weighted by Crippen LogP contribution is -2.35. The van der Waals surface area contributed by atoms with Crippen molar-refractivity contribution in [3.8, 4) is 0 Å². The summed E-state index contributed by atoms with van der Waals surface area (Å²) < 4.78 is 35.7. The summed E-state index contributed by atoms with van der Waals surface area (Å²) in [6.45, 7) is -0.708. The van der Waals surface area contributed by atoms with E-state index in [1.165, 1.54) is 6.20 Å². The number of nitrogens with one attached hydrogen (secondary N) is 1. The smallest absolute Gasteiger partial charge is 0.382 e. The summed E-state index contributed by atoms with van der Waals surface area (Å²) in [5, 5.41) is 11.0. The number of aromatic nitrogens is 2. The van der Waals surface area contributed by atoms with Crippen molar-refractivity contribution in [3.05, 3.63) is 17.5 Å². The van der Waals surface area contributed by atoms with E-state index in [9.17, 15) is 13.2 Å². The molecule has 0 amide bonds. The third-order valence-electron chi connectivity index (χ3n) is 1.51. The Morgan fingerprint density at radius 2 is 2.20 bits per heavy atom. The number of alkyl halides is 3. The monoisotopic (exact) mass is 241 g/mol. The van der Waals surface area contributed by atoms with Crippen LogP contribution >= 0.6 is 11.6 Å². The van der Waals surface area contributed by atoms with Crippen LogP contribution < -0.4 is 5.32 Å². The van der Waals surface area contributed by atoms with E-state index >= 15 is 0 Å². The van der Waals surface area contributed by atoms with Crippen LogP contribution in [-0.4, -0.2) is 33.9 Å². The van der Waals surface area contributed by atoms with E-state index in [0.29, 0.717) is 0 Å². The van der Waals surface area contributed by atoms with Gasteiger partial charge in [-0.1, -0.05) is 11.6 Å². The highest BCUT2D eigenvalue weighted by Crippen LogP contribution is 2.21. The van der Waals surface area contributed by atoms with Gasteiger partial charge in [-0.3, -0.25) is 0 Å². The zero-order valence-electron chi connectivity index (χ0n) is 7.29. The van der Waals surface area contributed by atoms with Crippen molar-refractivity contribution in [1.82, 2.24) is 9.97 Å². The number of halogens is 4. The molecular weight excluding hydrogens is 235 g/mol. The lowest BCUT2D eigenvalue weighted by molar-refractivity contribution is -0.198. The number of rotatable bonds is 3. The lowest BCUT2D eigenvalue weighted by atomic mass is 10.3. The van der Waals surface area contributed by atoms with E-state index in [0.717, 1.165) is 6.33 Å². The molecular formula is C7H7ClF3N3O. The molecule has 1 heterocycles. The van der Waals surface area contributed by atoms with Crippen LogP contribution in [0.3, 0.4) is 0 Å². The molecule has 1 aromatic heterocycles. The minimum Gasteiger partial charge on any atom is -0.382 e. The summed E-state index contributed by atoms with van der Waals surface area (Å²) in [5.41, 5.74) is 0. The van der Waals surface area contributed by atoms with E-state index in [1.807, 2.05) is 0 Å². The van der Waals surface area contributed by atoms with Crippen molar-refractivity contribution < 1.29 is 18.3 Å². The van der Waals surface area contributed by atoms with Gasteiger partial charge in [-0.2, -0.15) is 13.2 Å². The summed E-state index contributed by atoms with van der Waals surface area (Å²) in [6.07, 6.45) is -4.75. The number of nitrogens with zero attached hydrogens (tertiary/aromatic N) is 2. The van der Waals surface area contributed by atoms with Gasteiger partial charge in [0, 0.05) is 0 Å². The second-order valence-corrected chi connectivity index (χ2v) is 3.06. The van der Waals surface area contributed by atoms with Gasteiger partial charge in [-0.05, 0) is 0 Å². The fourth-order valence-electron chi connectivity index (χ4n) is 0.752. The molecule has 0 saturated carbocycles. The molecule has 84 valence electrons. The van der Waals surface area contributed by atoms with Gasteiger partial charge in [0.15, 0.2) is 6.10 Å². The van der Waals surface area contributed by atoms with Crippen LogP contribution in [0.15, 0.2) is 12.5 Å². The van der Waals surface area contributed by atoms with Crippen LogP contribution in [-0.2, 0) is 0 Å². The molecule has 1 unspecified atom stereocenters. The number of anilines is 1. The summed E-state index contributed by atoms with van der Waals surface area (Å²) in [7, 11) is 0. The molecule has 0 aromatic carbocycles. The Morgan fingerprint density at radius 3 is 2.73 bits per heavy atom. The molecule has 8 heteroatoms. The van der Waals surface area contributed by atoms with Crippen LogP contribution in [0.25, 0.3) is 0 Å². The Hall–Kier alpha value is -1.08. The van der Waals surface area contributed by atoms with Crippen LogP contribution in [0, 0.1) is 0 Å². The van der Waals surface area contributed by atoms with E-state index < -0.39 is 18.8 Å². The van der Waals surface area contributed by atoms with Crippen molar-refractivity contribution in [2.24, 2.45) is 0 Å². The van der Waals surface area contributed by atoms with Gasteiger partial charge < -0.3 is 10.4 Å². The van der Waals surface area contributed by atoms with E-state index in [4.69, 9.17) is 16.7 Å². The number of hydrogen-bond acceptors (Lipinski definition) is 4. The molecule has 1 aromatic rings. The average molecular weight is 242 g/mol. The number of hydrogen-bond donors (Lipinski definition) is 2. The largest absolute Gasteiger partial charge is 0.416 e. The van der Waals surface area contributed by atoms with Gasteiger partial charge in [0.1, 0.15) is 17.2 Å². The minimum atomic E-state index is -4.66. The standard InChI is InChI=1S/C7H7ClF3N3O/c8-4-1-12-3-14-6(4)13-2-5(15)7(9,10)11/h1,3,5,15H,2H2,(H,12,13,14). The van der Waals surface area contributed by atoms with E-state index in [-0.39, 0.29) is 10.8 Å². The fourth-order valence-corrected chi connectivity index (χ4v) is 0.924. The summed E-state index contributed by atoms with van der Waals surface area (Å²) >= 11 is 5.57. The van der Waals surface area contributed by atoms with Gasteiger partial charge >= 0.3 is 6.18 Å². The maximum Gasteiger partial charge on any atom is 0.416 e. The van der Waals surface area contributed by atoms with Gasteiger partial charge in [0.2, 0.25) is 0 Å². The molecule has 0 fully saturated rings. The van der Waals surface area contributed by atoms with E-state index in [2.05, 4.69) is 15.3 Å². The second-order valence-electron chi connectivity index (χ2n) is 2.66. The summed E-state index contributed by atoms with van der Waals surface area (Å²) in [6, 6.07) is 0. The fraction of sp³-hybridized carbons (Fsp3) is 0.429. The van der Waals surface area contributed by atoms with Crippen LogP contribution in [0.4, 0.5) is 19.0 Å². The third-order valence-corrected chi connectivity index (χ3v) is 1.78. The second kappa shape index (κ2) is 4.63. The Bertz CT molecular complexity index is 334. The van der Waals surface area contributed by atoms with Crippen LogP contribution in [0.2, 0.25) is 5.02 Å². The zero-order valence-corrected chi connectivity index (χ0v) is 8.05. The predicted octanol–water partition coefficient (Wildman–Crippen LogP) is 1.47.